The Morgan fingerprint density at radius 1 is 1.31 bits per heavy atom. The van der Waals surface area contributed by atoms with Gasteiger partial charge in [0.25, 0.3) is 5.69 Å². The lowest BCUT2D eigenvalue weighted by Crippen LogP contribution is -2.19. The molecule has 9 nitrogen and oxygen atoms in total. The number of benzene rings is 2. The van der Waals surface area contributed by atoms with Crippen LogP contribution in [0.3, 0.4) is 0 Å². The third-order valence-corrected chi connectivity index (χ3v) is 4.36. The van der Waals surface area contributed by atoms with Crippen LogP contribution >= 0.6 is 0 Å². The van der Waals surface area contributed by atoms with Gasteiger partial charge in [-0.25, -0.2) is 5.43 Å². The van der Waals surface area contributed by atoms with Gasteiger partial charge in [-0.3, -0.25) is 14.9 Å². The fraction of sp³-hybridized carbons (Fsp3) is 0.300. The first-order chi connectivity index (χ1) is 13.8. The number of nitrogens with one attached hydrogen (secondary N) is 1. The minimum Gasteiger partial charge on any atom is -0.454 e. The molecule has 2 N–H and O–H groups in total. The van der Waals surface area contributed by atoms with Crippen LogP contribution in [0.25, 0.3) is 0 Å². The molecule has 0 fully saturated rings. The second-order valence-electron chi connectivity index (χ2n) is 6.80. The average Bonchev–Trinajstić information content (AvgIpc) is 3.08. The van der Waals surface area contributed by atoms with Crippen molar-refractivity contribution in [2.24, 2.45) is 5.10 Å². The zero-order valence-electron chi connectivity index (χ0n) is 16.3. The van der Waals surface area contributed by atoms with Gasteiger partial charge in [-0.2, -0.15) is 5.10 Å². The van der Waals surface area contributed by atoms with Gasteiger partial charge in [0.05, 0.1) is 16.7 Å². The molecule has 0 spiro atoms. The number of hydrogen-bond acceptors (Lipinski definition) is 7. The molecular formula is C20H21N3O6. The summed E-state index contributed by atoms with van der Waals surface area (Å²) in [6, 6.07) is 8.11. The molecule has 1 atom stereocenters. The van der Waals surface area contributed by atoms with E-state index in [0.717, 1.165) is 5.56 Å². The molecule has 3 rings (SSSR count). The molecule has 0 saturated heterocycles. The van der Waals surface area contributed by atoms with E-state index in [1.54, 1.807) is 38.1 Å². The van der Waals surface area contributed by atoms with Crippen molar-refractivity contribution >= 4 is 17.3 Å². The van der Waals surface area contributed by atoms with E-state index in [0.29, 0.717) is 40.3 Å². The van der Waals surface area contributed by atoms with Gasteiger partial charge in [-0.15, -0.1) is 0 Å². The Bertz CT molecular complexity index is 1000. The van der Waals surface area contributed by atoms with Crippen molar-refractivity contribution in [2.75, 3.05) is 6.79 Å². The number of hydrogen-bond donors (Lipinski definition) is 2. The van der Waals surface area contributed by atoms with Crippen LogP contribution in [0.2, 0.25) is 0 Å². The Morgan fingerprint density at radius 2 is 2.00 bits per heavy atom. The van der Waals surface area contributed by atoms with Gasteiger partial charge in [0.1, 0.15) is 0 Å². The molecule has 1 aliphatic rings. The number of aliphatic hydroxyl groups excluding tert-OH is 1. The number of ether oxygens (including phenoxy) is 2. The van der Waals surface area contributed by atoms with Crippen LogP contribution in [0.1, 0.15) is 36.1 Å². The maximum atomic E-state index is 11.5. The second-order valence-corrected chi connectivity index (χ2v) is 6.80. The number of carbonyl (C=O) groups is 1. The van der Waals surface area contributed by atoms with E-state index >= 15 is 0 Å². The van der Waals surface area contributed by atoms with Crippen LogP contribution in [0.5, 0.6) is 11.5 Å². The van der Waals surface area contributed by atoms with E-state index in [9.17, 15) is 20.0 Å². The van der Waals surface area contributed by atoms with Gasteiger partial charge in [0.15, 0.2) is 11.5 Å². The maximum Gasteiger partial charge on any atom is 0.272 e. The second kappa shape index (κ2) is 8.27. The van der Waals surface area contributed by atoms with E-state index in [4.69, 9.17) is 9.47 Å². The summed E-state index contributed by atoms with van der Waals surface area (Å²) in [5.74, 6) is 0.714. The smallest absolute Gasteiger partial charge is 0.272 e. The fourth-order valence-corrected chi connectivity index (χ4v) is 3.11. The van der Waals surface area contributed by atoms with E-state index in [1.165, 1.54) is 13.0 Å². The quantitative estimate of drug-likeness (QED) is 0.437. The topological polar surface area (TPSA) is 123 Å². The molecule has 0 saturated carbocycles. The van der Waals surface area contributed by atoms with E-state index in [2.05, 4.69) is 10.5 Å². The molecule has 2 aromatic carbocycles. The Hall–Kier alpha value is -3.46. The zero-order chi connectivity index (χ0) is 21.1. The van der Waals surface area contributed by atoms with Crippen LogP contribution < -0.4 is 14.9 Å². The first-order valence-corrected chi connectivity index (χ1v) is 8.97. The number of aliphatic hydroxyl groups is 1. The summed E-state index contributed by atoms with van der Waals surface area (Å²) in [6.07, 6.45) is -0.313. The van der Waals surface area contributed by atoms with Gasteiger partial charge in [-0.05, 0) is 50.1 Å². The van der Waals surface area contributed by atoms with Gasteiger partial charge < -0.3 is 14.6 Å². The fourth-order valence-electron chi connectivity index (χ4n) is 3.11. The molecule has 1 aliphatic heterocycles. The predicted octanol–water partition coefficient (Wildman–Crippen LogP) is 2.44. The number of amides is 1. The van der Waals surface area contributed by atoms with Crippen molar-refractivity contribution in [1.82, 2.24) is 5.43 Å². The Kier molecular flexibility index (Phi) is 5.79. The van der Waals surface area contributed by atoms with Gasteiger partial charge in [-0.1, -0.05) is 0 Å². The molecule has 0 aliphatic carbocycles. The van der Waals surface area contributed by atoms with Crippen LogP contribution in [0.4, 0.5) is 5.69 Å². The number of nitro groups is 1. The number of nitro benzene ring substituents is 1. The molecule has 152 valence electrons. The highest BCUT2D eigenvalue weighted by atomic mass is 16.7. The summed E-state index contributed by atoms with van der Waals surface area (Å²) in [4.78, 5) is 22.2. The standard InChI is InChI=1S/C20H21N3O6/c1-11-6-14(4-5-17(11)23(26)27)20(22-21-13(3)25)16-9-19-18(28-10-29-19)8-15(16)7-12(2)24/h4-6,8-9,12,24H,7,10H2,1-3H3,(H,21,25)/t12-/m1/s1. The van der Waals surface area contributed by atoms with E-state index in [-0.39, 0.29) is 18.4 Å². The summed E-state index contributed by atoms with van der Waals surface area (Å²) < 4.78 is 10.9. The monoisotopic (exact) mass is 399 g/mol. The molecule has 1 amide bonds. The van der Waals surface area contributed by atoms with Crippen molar-refractivity contribution in [3.05, 3.63) is 62.7 Å². The Morgan fingerprint density at radius 3 is 2.59 bits per heavy atom. The minimum atomic E-state index is -0.630. The lowest BCUT2D eigenvalue weighted by molar-refractivity contribution is -0.385. The average molecular weight is 399 g/mol. The first kappa shape index (κ1) is 20.3. The SMILES string of the molecule is CC(=O)NN=C(c1ccc([N+](=O)[O-])c(C)c1)c1cc2c(cc1C[C@@H](C)O)OCO2. The number of carbonyl (C=O) groups excluding carboxylic acids is 1. The van der Waals surface area contributed by atoms with Gasteiger partial charge >= 0.3 is 0 Å². The lowest BCUT2D eigenvalue weighted by Gasteiger charge is -2.15. The summed E-state index contributed by atoms with van der Waals surface area (Å²) in [6.45, 7) is 4.71. The first-order valence-electron chi connectivity index (χ1n) is 8.97. The summed E-state index contributed by atoms with van der Waals surface area (Å²) in [5.41, 5.74) is 5.21. The highest BCUT2D eigenvalue weighted by molar-refractivity contribution is 6.14. The molecule has 0 aromatic heterocycles. The summed E-state index contributed by atoms with van der Waals surface area (Å²) in [5, 5.41) is 25.3. The number of hydrazone groups is 1. The number of aryl methyl sites for hydroxylation is 1. The number of fused-ring (bicyclic) bond motifs is 1. The lowest BCUT2D eigenvalue weighted by atomic mass is 9.93. The van der Waals surface area contributed by atoms with Crippen LogP contribution in [0.15, 0.2) is 35.4 Å². The largest absolute Gasteiger partial charge is 0.454 e. The predicted molar refractivity (Wildman–Crippen MR) is 105 cm³/mol. The highest BCUT2D eigenvalue weighted by Gasteiger charge is 2.23. The van der Waals surface area contributed by atoms with Crippen molar-refractivity contribution in [3.8, 4) is 11.5 Å². The third kappa shape index (κ3) is 4.52. The minimum absolute atomic E-state index is 0.0116. The summed E-state index contributed by atoms with van der Waals surface area (Å²) in [7, 11) is 0. The molecule has 0 bridgehead atoms. The molecule has 9 heteroatoms. The highest BCUT2D eigenvalue weighted by Crippen LogP contribution is 2.36. The van der Waals surface area contributed by atoms with E-state index in [1.807, 2.05) is 0 Å². The van der Waals surface area contributed by atoms with Gasteiger partial charge in [0.2, 0.25) is 12.7 Å². The molecule has 0 unspecified atom stereocenters. The van der Waals surface area contributed by atoms with Crippen LogP contribution in [-0.4, -0.2) is 34.5 Å². The van der Waals surface area contributed by atoms with Crippen LogP contribution in [0, 0.1) is 17.0 Å². The molecule has 2 aromatic rings. The molecule has 0 radical (unpaired) electrons. The third-order valence-electron chi connectivity index (χ3n) is 4.36. The van der Waals surface area contributed by atoms with Crippen molar-refractivity contribution in [1.29, 1.82) is 0 Å². The zero-order valence-corrected chi connectivity index (χ0v) is 16.3. The van der Waals surface area contributed by atoms with E-state index < -0.39 is 11.0 Å². The van der Waals surface area contributed by atoms with Crippen molar-refractivity contribution in [3.63, 3.8) is 0 Å². The molecule has 29 heavy (non-hydrogen) atoms. The summed E-state index contributed by atoms with van der Waals surface area (Å²) >= 11 is 0. The van der Waals surface area contributed by atoms with Crippen molar-refractivity contribution in [2.45, 2.75) is 33.3 Å². The van der Waals surface area contributed by atoms with Crippen LogP contribution in [-0.2, 0) is 11.2 Å². The Balaban J connectivity index is 2.18. The van der Waals surface area contributed by atoms with Crippen molar-refractivity contribution < 1.29 is 24.3 Å². The Labute approximate surface area is 167 Å². The maximum absolute atomic E-state index is 11.5. The number of rotatable bonds is 6. The number of nitrogens with zero attached hydrogens (tertiary/aromatic N) is 2. The van der Waals surface area contributed by atoms with Gasteiger partial charge in [0, 0.05) is 29.7 Å². The molecular weight excluding hydrogens is 378 g/mol. The normalized spacial score (nSPS) is 13.9. The molecule has 1 heterocycles.